The van der Waals surface area contributed by atoms with Crippen LogP contribution in [0.15, 0.2) is 42.7 Å². The maximum absolute atomic E-state index is 13.7. The Morgan fingerprint density at radius 3 is 2.47 bits per heavy atom. The number of ether oxygens (including phenoxy) is 1. The van der Waals surface area contributed by atoms with Gasteiger partial charge in [-0.2, -0.15) is 13.2 Å². The molecule has 0 spiro atoms. The number of carbonyl (C=O) groups excluding carboxylic acids is 1. The summed E-state index contributed by atoms with van der Waals surface area (Å²) in [5.41, 5.74) is 1.18. The number of halogens is 5. The summed E-state index contributed by atoms with van der Waals surface area (Å²) in [7, 11) is 0. The van der Waals surface area contributed by atoms with E-state index in [1.54, 1.807) is 35.2 Å². The summed E-state index contributed by atoms with van der Waals surface area (Å²) in [5, 5.41) is 3.38. The van der Waals surface area contributed by atoms with Crippen molar-refractivity contribution in [2.45, 2.75) is 37.9 Å². The summed E-state index contributed by atoms with van der Waals surface area (Å²) < 4.78 is 71.6. The lowest BCUT2D eigenvalue weighted by molar-refractivity contribution is -0.145. The Bertz CT molecular complexity index is 1210. The highest BCUT2D eigenvalue weighted by Gasteiger charge is 2.38. The molecule has 1 aliphatic heterocycles. The predicted octanol–water partition coefficient (Wildman–Crippen LogP) is 4.64. The summed E-state index contributed by atoms with van der Waals surface area (Å²) >= 11 is 0. The second-order valence-corrected chi connectivity index (χ2v) is 8.41. The summed E-state index contributed by atoms with van der Waals surface area (Å²) in [4.78, 5) is 26.0. The molecule has 0 bridgehead atoms. The van der Waals surface area contributed by atoms with Crippen LogP contribution in [0.3, 0.4) is 0 Å². The van der Waals surface area contributed by atoms with Crippen molar-refractivity contribution in [1.29, 1.82) is 0 Å². The van der Waals surface area contributed by atoms with Crippen molar-refractivity contribution in [1.82, 2.24) is 25.2 Å². The first-order chi connectivity index (χ1) is 17.1. The van der Waals surface area contributed by atoms with Crippen molar-refractivity contribution >= 4 is 16.8 Å². The molecule has 2 aromatic heterocycles. The first-order valence-electron chi connectivity index (χ1n) is 11.4. The molecule has 7 nitrogen and oxygen atoms in total. The predicted molar refractivity (Wildman–Crippen MR) is 121 cm³/mol. The van der Waals surface area contributed by atoms with Crippen molar-refractivity contribution in [2.24, 2.45) is 0 Å². The Morgan fingerprint density at radius 2 is 1.83 bits per heavy atom. The minimum atomic E-state index is -4.71. The summed E-state index contributed by atoms with van der Waals surface area (Å²) in [6, 6.07) is 7.72. The monoisotopic (exact) mass is 509 g/mol. The molecule has 1 aliphatic rings. The van der Waals surface area contributed by atoms with E-state index in [4.69, 9.17) is 4.74 Å². The lowest BCUT2D eigenvalue weighted by Crippen LogP contribution is -2.45. The van der Waals surface area contributed by atoms with Crippen molar-refractivity contribution in [3.05, 3.63) is 59.7 Å². The highest BCUT2D eigenvalue weighted by molar-refractivity contribution is 6.06. The number of aromatic nitrogens is 3. The third-order valence-electron chi connectivity index (χ3n) is 5.98. The second-order valence-electron chi connectivity index (χ2n) is 8.41. The number of fused-ring (bicyclic) bond motifs is 1. The Hall–Kier alpha value is -3.41. The molecule has 1 aromatic carbocycles. The molecule has 1 atom stereocenters. The maximum atomic E-state index is 13.7. The van der Waals surface area contributed by atoms with Crippen LogP contribution in [0.4, 0.5) is 22.0 Å². The Morgan fingerprint density at radius 1 is 1.14 bits per heavy atom. The molecule has 0 aliphatic carbocycles. The number of amides is 1. The van der Waals surface area contributed by atoms with E-state index in [-0.39, 0.29) is 25.2 Å². The van der Waals surface area contributed by atoms with Gasteiger partial charge < -0.3 is 10.1 Å². The lowest BCUT2D eigenvalue weighted by atomic mass is 10.0. The molecule has 192 valence electrons. The van der Waals surface area contributed by atoms with E-state index in [0.29, 0.717) is 29.0 Å². The Balaban J connectivity index is 1.56. The average molecular weight is 509 g/mol. The number of hydrogen-bond acceptors (Lipinski definition) is 6. The average Bonchev–Trinajstić information content (AvgIpc) is 2.84. The normalized spacial score (nSPS) is 17.1. The van der Waals surface area contributed by atoms with Crippen LogP contribution in [0.1, 0.15) is 47.6 Å². The zero-order chi connectivity index (χ0) is 25.9. The third kappa shape index (κ3) is 5.86. The number of nitrogens with zero attached hydrogens (tertiary/aromatic N) is 4. The van der Waals surface area contributed by atoms with Gasteiger partial charge in [0, 0.05) is 67.4 Å². The van der Waals surface area contributed by atoms with Gasteiger partial charge in [-0.1, -0.05) is 6.07 Å². The molecular weight excluding hydrogens is 485 g/mol. The molecule has 36 heavy (non-hydrogen) atoms. The number of likely N-dealkylation sites (tertiary alicyclic amines) is 1. The summed E-state index contributed by atoms with van der Waals surface area (Å²) in [6.07, 6.45) is -3.45. The molecule has 12 heteroatoms. The number of nitrogens with one attached hydrogen (secondary N) is 1. The molecule has 1 N–H and O–H groups in total. The van der Waals surface area contributed by atoms with Crippen LogP contribution in [-0.4, -0.2) is 57.9 Å². The molecule has 4 rings (SSSR count). The number of alkyl halides is 5. The fourth-order valence-corrected chi connectivity index (χ4v) is 4.12. The van der Waals surface area contributed by atoms with Crippen LogP contribution in [-0.2, 0) is 6.18 Å². The smallest absolute Gasteiger partial charge is 0.451 e. The molecule has 0 saturated carbocycles. The van der Waals surface area contributed by atoms with Crippen molar-refractivity contribution < 1.29 is 31.5 Å². The number of hydrogen-bond donors (Lipinski definition) is 1. The van der Waals surface area contributed by atoms with Gasteiger partial charge in [-0.3, -0.25) is 9.69 Å². The first-order valence-corrected chi connectivity index (χ1v) is 11.4. The van der Waals surface area contributed by atoms with Crippen LogP contribution < -0.4 is 10.1 Å². The quantitative estimate of drug-likeness (QED) is 0.468. The van der Waals surface area contributed by atoms with Gasteiger partial charge in [-0.05, 0) is 25.1 Å². The van der Waals surface area contributed by atoms with Crippen molar-refractivity contribution in [3.8, 4) is 5.88 Å². The number of rotatable bonds is 7. The van der Waals surface area contributed by atoms with E-state index in [2.05, 4.69) is 20.3 Å². The molecular formula is C24H24F5N5O2. The summed E-state index contributed by atoms with van der Waals surface area (Å²) in [6.45, 7) is 2.24. The van der Waals surface area contributed by atoms with Gasteiger partial charge in [0.15, 0.2) is 0 Å². The van der Waals surface area contributed by atoms with Crippen molar-refractivity contribution in [2.75, 3.05) is 26.2 Å². The van der Waals surface area contributed by atoms with Gasteiger partial charge in [-0.15, -0.1) is 0 Å². The topological polar surface area (TPSA) is 80.2 Å². The van der Waals surface area contributed by atoms with Crippen LogP contribution in [0, 0.1) is 0 Å². The molecule has 0 radical (unpaired) electrons. The first kappa shape index (κ1) is 25.7. The van der Waals surface area contributed by atoms with Gasteiger partial charge in [0.05, 0.1) is 18.2 Å². The zero-order valence-electron chi connectivity index (χ0n) is 19.4. The highest BCUT2D eigenvalue weighted by Crippen LogP contribution is 2.33. The zero-order valence-corrected chi connectivity index (χ0v) is 19.4. The minimum absolute atomic E-state index is 0.00690. The van der Waals surface area contributed by atoms with E-state index in [0.717, 1.165) is 12.4 Å². The molecule has 3 aromatic rings. The number of benzene rings is 1. The van der Waals surface area contributed by atoms with Crippen LogP contribution >= 0.6 is 0 Å². The number of pyridine rings is 1. The Labute approximate surface area is 203 Å². The maximum Gasteiger partial charge on any atom is 0.451 e. The summed E-state index contributed by atoms with van der Waals surface area (Å²) in [5.74, 6) is -4.12. The Kier molecular flexibility index (Phi) is 7.34. The van der Waals surface area contributed by atoms with E-state index >= 15 is 0 Å². The van der Waals surface area contributed by atoms with E-state index < -0.39 is 42.7 Å². The van der Waals surface area contributed by atoms with Gasteiger partial charge in [0.1, 0.15) is 0 Å². The third-order valence-corrected chi connectivity index (χ3v) is 5.98. The fraction of sp³-hybridized carbons (Fsp3) is 0.417. The molecule has 1 amide bonds. The fourth-order valence-electron chi connectivity index (χ4n) is 4.12. The van der Waals surface area contributed by atoms with E-state index in [9.17, 15) is 26.7 Å². The van der Waals surface area contributed by atoms with Crippen molar-refractivity contribution in [3.63, 3.8) is 0 Å². The lowest BCUT2D eigenvalue weighted by Gasteiger charge is -2.37. The minimum Gasteiger partial charge on any atom is -0.478 e. The second kappa shape index (κ2) is 10.3. The van der Waals surface area contributed by atoms with Gasteiger partial charge in [-0.25, -0.2) is 23.7 Å². The molecule has 3 heterocycles. The van der Waals surface area contributed by atoms with Crippen LogP contribution in [0.5, 0.6) is 5.88 Å². The van der Waals surface area contributed by atoms with Crippen LogP contribution in [0.25, 0.3) is 10.9 Å². The number of piperidine rings is 1. The van der Waals surface area contributed by atoms with Gasteiger partial charge in [0.25, 0.3) is 11.8 Å². The molecule has 1 saturated heterocycles. The molecule has 1 unspecified atom stereocenters. The van der Waals surface area contributed by atoms with Gasteiger partial charge >= 0.3 is 6.18 Å². The SMILES string of the molecule is CCOc1ccc2c(C(=O)NCC(c3cnc(C(F)(F)F)nc3)N3CCC(F)(F)CC3)cccc2n1. The van der Waals surface area contributed by atoms with Crippen LogP contribution in [0.2, 0.25) is 0 Å². The van der Waals surface area contributed by atoms with E-state index in [1.807, 2.05) is 6.92 Å². The van der Waals surface area contributed by atoms with E-state index in [1.165, 1.54) is 0 Å². The molecule has 1 fully saturated rings. The standard InChI is InChI=1S/C24H24F5N5O2/c1-2-36-20-7-6-16-17(4-3-5-18(16)33-20)21(35)30-14-19(34-10-8-23(25,26)9-11-34)15-12-31-22(32-13-15)24(27,28)29/h3-7,12-13,19H,2,8-11,14H2,1H3,(H,30,35). The highest BCUT2D eigenvalue weighted by atomic mass is 19.4. The largest absolute Gasteiger partial charge is 0.478 e. The number of carbonyl (C=O) groups is 1. The van der Waals surface area contributed by atoms with Gasteiger partial charge in [0.2, 0.25) is 11.7 Å².